The Morgan fingerprint density at radius 3 is 2.68 bits per heavy atom. The number of anilines is 1. The van der Waals surface area contributed by atoms with E-state index in [1.165, 1.54) is 5.56 Å². The van der Waals surface area contributed by atoms with E-state index in [9.17, 15) is 4.79 Å². The molecule has 1 unspecified atom stereocenters. The minimum absolute atomic E-state index is 0.0598. The molecule has 1 aromatic heterocycles. The molecule has 3 rings (SSSR count). The molecule has 1 N–H and O–H groups in total. The number of amides is 1. The van der Waals surface area contributed by atoms with Crippen LogP contribution in [0.3, 0.4) is 0 Å². The highest BCUT2D eigenvalue weighted by atomic mass is 35.5. The number of carbonyl (C=O) groups excluding carboxylic acids is 1. The largest absolute Gasteiger partial charge is 0.323 e. The number of halogens is 2. The van der Waals surface area contributed by atoms with Gasteiger partial charge in [-0.2, -0.15) is 11.3 Å². The molecular weight excluding hydrogens is 377 g/mol. The van der Waals surface area contributed by atoms with Crippen molar-refractivity contribution in [2.45, 2.75) is 19.5 Å². The molecular formula is C18H21Cl2N3OS. The zero-order valence-corrected chi connectivity index (χ0v) is 16.4. The summed E-state index contributed by atoms with van der Waals surface area (Å²) in [5.74, 6) is -0.0598. The van der Waals surface area contributed by atoms with Gasteiger partial charge in [-0.1, -0.05) is 23.2 Å². The van der Waals surface area contributed by atoms with Gasteiger partial charge in [0.2, 0.25) is 5.91 Å². The first-order valence-corrected chi connectivity index (χ1v) is 9.96. The molecule has 0 aliphatic carbocycles. The Bertz CT molecular complexity index is 715. The van der Waals surface area contributed by atoms with Crippen LogP contribution in [0.4, 0.5) is 5.69 Å². The molecule has 0 spiro atoms. The molecule has 2 aromatic rings. The van der Waals surface area contributed by atoms with E-state index in [0.29, 0.717) is 15.7 Å². The van der Waals surface area contributed by atoms with Crippen LogP contribution in [0.25, 0.3) is 0 Å². The van der Waals surface area contributed by atoms with E-state index in [4.69, 9.17) is 23.2 Å². The SMILES string of the molecule is CC(C(=O)Nc1cc(Cl)ccc1Cl)N1CCN(Cc2ccsc2)CC1. The fourth-order valence-corrected chi connectivity index (χ4v) is 3.94. The van der Waals surface area contributed by atoms with Crippen molar-refractivity contribution < 1.29 is 4.79 Å². The number of carbonyl (C=O) groups is 1. The Labute approximate surface area is 162 Å². The normalized spacial score (nSPS) is 17.4. The lowest BCUT2D eigenvalue weighted by Crippen LogP contribution is -2.52. The summed E-state index contributed by atoms with van der Waals surface area (Å²) in [7, 11) is 0. The van der Waals surface area contributed by atoms with Gasteiger partial charge in [0.15, 0.2) is 0 Å². The van der Waals surface area contributed by atoms with E-state index >= 15 is 0 Å². The van der Waals surface area contributed by atoms with Crippen LogP contribution >= 0.6 is 34.5 Å². The zero-order chi connectivity index (χ0) is 17.8. The Kier molecular flexibility index (Phi) is 6.36. The topological polar surface area (TPSA) is 35.6 Å². The van der Waals surface area contributed by atoms with Gasteiger partial charge in [-0.15, -0.1) is 0 Å². The highest BCUT2D eigenvalue weighted by molar-refractivity contribution is 7.07. The van der Waals surface area contributed by atoms with Gasteiger partial charge in [0, 0.05) is 37.7 Å². The second kappa shape index (κ2) is 8.52. The van der Waals surface area contributed by atoms with Gasteiger partial charge in [-0.05, 0) is 47.5 Å². The number of nitrogens with zero attached hydrogens (tertiary/aromatic N) is 2. The average Bonchev–Trinajstić information content (AvgIpc) is 3.11. The van der Waals surface area contributed by atoms with E-state index in [1.54, 1.807) is 29.5 Å². The van der Waals surface area contributed by atoms with E-state index in [1.807, 2.05) is 6.92 Å². The number of piperazine rings is 1. The average molecular weight is 398 g/mol. The van der Waals surface area contributed by atoms with Crippen LogP contribution < -0.4 is 5.32 Å². The second-order valence-corrected chi connectivity index (χ2v) is 7.86. The van der Waals surface area contributed by atoms with Gasteiger partial charge in [0.05, 0.1) is 16.8 Å². The van der Waals surface area contributed by atoms with Crippen LogP contribution in [0.5, 0.6) is 0 Å². The Hall–Kier alpha value is -1.11. The number of hydrogen-bond donors (Lipinski definition) is 1. The Morgan fingerprint density at radius 1 is 1.24 bits per heavy atom. The maximum absolute atomic E-state index is 12.5. The monoisotopic (exact) mass is 397 g/mol. The molecule has 1 atom stereocenters. The summed E-state index contributed by atoms with van der Waals surface area (Å²) < 4.78 is 0. The summed E-state index contributed by atoms with van der Waals surface area (Å²) in [6.07, 6.45) is 0. The molecule has 0 saturated carbocycles. The predicted molar refractivity (Wildman–Crippen MR) is 106 cm³/mol. The van der Waals surface area contributed by atoms with Gasteiger partial charge in [-0.3, -0.25) is 14.6 Å². The van der Waals surface area contributed by atoms with Gasteiger partial charge in [-0.25, -0.2) is 0 Å². The number of nitrogens with one attached hydrogen (secondary N) is 1. The lowest BCUT2D eigenvalue weighted by Gasteiger charge is -2.37. The molecule has 4 nitrogen and oxygen atoms in total. The maximum atomic E-state index is 12.5. The number of rotatable bonds is 5. The molecule has 1 aromatic carbocycles. The maximum Gasteiger partial charge on any atom is 0.241 e. The minimum Gasteiger partial charge on any atom is -0.323 e. The van der Waals surface area contributed by atoms with Crippen LogP contribution in [-0.2, 0) is 11.3 Å². The lowest BCUT2D eigenvalue weighted by atomic mass is 10.2. The fraction of sp³-hybridized carbons (Fsp3) is 0.389. The van der Waals surface area contributed by atoms with Crippen LogP contribution in [-0.4, -0.2) is 47.9 Å². The summed E-state index contributed by atoms with van der Waals surface area (Å²) in [6.45, 7) is 6.60. The standard InChI is InChI=1S/C18H21Cl2N3OS/c1-13(18(24)21-17-10-15(19)2-3-16(17)20)23-7-5-22(6-8-23)11-14-4-9-25-12-14/h2-4,9-10,12-13H,5-8,11H2,1H3,(H,21,24). The van der Waals surface area contributed by atoms with E-state index in [-0.39, 0.29) is 11.9 Å². The van der Waals surface area contributed by atoms with E-state index in [2.05, 4.69) is 31.9 Å². The first kappa shape index (κ1) is 18.7. The summed E-state index contributed by atoms with van der Waals surface area (Å²) in [6, 6.07) is 7.02. The van der Waals surface area contributed by atoms with Gasteiger partial charge in [0.25, 0.3) is 0 Å². The lowest BCUT2D eigenvalue weighted by molar-refractivity contribution is -0.121. The molecule has 1 aliphatic rings. The number of benzene rings is 1. The summed E-state index contributed by atoms with van der Waals surface area (Å²) in [5, 5.41) is 8.23. The van der Waals surface area contributed by atoms with Crippen LogP contribution in [0.15, 0.2) is 35.0 Å². The predicted octanol–water partition coefficient (Wildman–Crippen LogP) is 4.20. The summed E-state index contributed by atoms with van der Waals surface area (Å²) >= 11 is 13.8. The molecule has 1 aliphatic heterocycles. The minimum atomic E-state index is -0.210. The smallest absolute Gasteiger partial charge is 0.241 e. The highest BCUT2D eigenvalue weighted by Crippen LogP contribution is 2.25. The molecule has 7 heteroatoms. The Morgan fingerprint density at radius 2 is 2.00 bits per heavy atom. The molecule has 1 saturated heterocycles. The fourth-order valence-electron chi connectivity index (χ4n) is 2.95. The molecule has 0 radical (unpaired) electrons. The first-order valence-electron chi connectivity index (χ1n) is 8.26. The highest BCUT2D eigenvalue weighted by Gasteiger charge is 2.26. The van der Waals surface area contributed by atoms with Crippen molar-refractivity contribution in [1.82, 2.24) is 9.80 Å². The molecule has 2 heterocycles. The van der Waals surface area contributed by atoms with Crippen LogP contribution in [0.1, 0.15) is 12.5 Å². The van der Waals surface area contributed by atoms with Crippen molar-refractivity contribution in [3.8, 4) is 0 Å². The summed E-state index contributed by atoms with van der Waals surface area (Å²) in [4.78, 5) is 17.2. The third kappa shape index (κ3) is 4.96. The van der Waals surface area contributed by atoms with Crippen molar-refractivity contribution in [1.29, 1.82) is 0 Å². The second-order valence-electron chi connectivity index (χ2n) is 6.23. The molecule has 25 heavy (non-hydrogen) atoms. The third-order valence-corrected chi connectivity index (χ3v) is 5.80. The Balaban J connectivity index is 1.52. The van der Waals surface area contributed by atoms with Crippen molar-refractivity contribution in [2.24, 2.45) is 0 Å². The van der Waals surface area contributed by atoms with Gasteiger partial charge < -0.3 is 5.32 Å². The van der Waals surface area contributed by atoms with Gasteiger partial charge >= 0.3 is 0 Å². The zero-order valence-electron chi connectivity index (χ0n) is 14.0. The molecule has 1 amide bonds. The quantitative estimate of drug-likeness (QED) is 0.820. The van der Waals surface area contributed by atoms with Gasteiger partial charge in [0.1, 0.15) is 0 Å². The van der Waals surface area contributed by atoms with Crippen molar-refractivity contribution >= 4 is 46.1 Å². The van der Waals surface area contributed by atoms with E-state index < -0.39 is 0 Å². The van der Waals surface area contributed by atoms with Crippen LogP contribution in [0.2, 0.25) is 10.0 Å². The van der Waals surface area contributed by atoms with Crippen molar-refractivity contribution in [2.75, 3.05) is 31.5 Å². The van der Waals surface area contributed by atoms with E-state index in [0.717, 1.165) is 32.7 Å². The summed E-state index contributed by atoms with van der Waals surface area (Å²) in [5.41, 5.74) is 1.92. The van der Waals surface area contributed by atoms with Crippen LogP contribution in [0, 0.1) is 0 Å². The van der Waals surface area contributed by atoms with Crippen molar-refractivity contribution in [3.63, 3.8) is 0 Å². The molecule has 0 bridgehead atoms. The third-order valence-electron chi connectivity index (χ3n) is 4.51. The van der Waals surface area contributed by atoms with Crippen molar-refractivity contribution in [3.05, 3.63) is 50.6 Å². The number of thiophene rings is 1. The number of hydrogen-bond acceptors (Lipinski definition) is 4. The molecule has 1 fully saturated rings. The molecule has 134 valence electrons. The first-order chi connectivity index (χ1) is 12.0.